The van der Waals surface area contributed by atoms with E-state index in [1.807, 2.05) is 4.90 Å². The Morgan fingerprint density at radius 1 is 1.10 bits per heavy atom. The van der Waals surface area contributed by atoms with E-state index in [2.05, 4.69) is 5.32 Å². The van der Waals surface area contributed by atoms with Gasteiger partial charge in [0, 0.05) is 18.1 Å². The Kier molecular flexibility index (Phi) is 6.07. The summed E-state index contributed by atoms with van der Waals surface area (Å²) in [6.45, 7) is 3.41. The van der Waals surface area contributed by atoms with E-state index in [0.29, 0.717) is 27.5 Å². The van der Waals surface area contributed by atoms with Crippen LogP contribution in [0.2, 0.25) is 5.02 Å². The number of amides is 2. The van der Waals surface area contributed by atoms with Gasteiger partial charge in [0.1, 0.15) is 11.4 Å². The van der Waals surface area contributed by atoms with Crippen molar-refractivity contribution in [1.29, 1.82) is 0 Å². The Morgan fingerprint density at radius 3 is 2.55 bits per heavy atom. The monoisotopic (exact) mass is 457 g/mol. The number of halogens is 2. The molecule has 1 N–H and O–H groups in total. The molecule has 0 atom stereocenters. The minimum atomic E-state index is -0.619. The van der Waals surface area contributed by atoms with Crippen molar-refractivity contribution in [2.45, 2.75) is 26.2 Å². The second kappa shape index (κ2) is 8.77. The van der Waals surface area contributed by atoms with Crippen LogP contribution in [0.4, 0.5) is 15.8 Å². The summed E-state index contributed by atoms with van der Waals surface area (Å²) in [4.78, 5) is 28.9. The van der Waals surface area contributed by atoms with E-state index in [1.165, 1.54) is 17.0 Å². The van der Waals surface area contributed by atoms with Crippen molar-refractivity contribution in [2.24, 2.45) is 0 Å². The van der Waals surface area contributed by atoms with Crippen molar-refractivity contribution < 1.29 is 14.0 Å². The van der Waals surface area contributed by atoms with Crippen LogP contribution in [-0.4, -0.2) is 30.0 Å². The van der Waals surface area contributed by atoms with Crippen molar-refractivity contribution in [3.05, 3.63) is 63.9 Å². The molecule has 0 spiro atoms. The molecule has 0 saturated carbocycles. The number of hydrogen-bond acceptors (Lipinski definition) is 4. The lowest BCUT2D eigenvalue weighted by Gasteiger charge is -2.30. The third kappa shape index (κ3) is 4.20. The van der Waals surface area contributed by atoms with Gasteiger partial charge in [-0.25, -0.2) is 4.39 Å². The van der Waals surface area contributed by atoms with Crippen molar-refractivity contribution in [1.82, 2.24) is 5.32 Å². The van der Waals surface area contributed by atoms with Crippen LogP contribution in [0.3, 0.4) is 0 Å². The first-order chi connectivity index (χ1) is 14.9. The minimum absolute atomic E-state index is 0.0239. The van der Waals surface area contributed by atoms with Crippen LogP contribution < -0.4 is 15.1 Å². The van der Waals surface area contributed by atoms with Gasteiger partial charge in [0.05, 0.1) is 11.4 Å². The second-order valence-electron chi connectivity index (χ2n) is 7.60. The van der Waals surface area contributed by atoms with E-state index < -0.39 is 11.8 Å². The SMILES string of the molecule is Cc1c(Cl)cccc1N1C(=O)/C(=C/c2ccc(N3CCCCC3)c(F)c2)C(=O)NC1=S. The van der Waals surface area contributed by atoms with Crippen LogP contribution in [-0.2, 0) is 9.59 Å². The van der Waals surface area contributed by atoms with Crippen LogP contribution in [0.15, 0.2) is 42.0 Å². The highest BCUT2D eigenvalue weighted by molar-refractivity contribution is 7.80. The minimum Gasteiger partial charge on any atom is -0.369 e. The maximum atomic E-state index is 14.8. The van der Waals surface area contributed by atoms with E-state index in [-0.39, 0.29) is 16.5 Å². The van der Waals surface area contributed by atoms with E-state index in [0.717, 1.165) is 32.4 Å². The second-order valence-corrected chi connectivity index (χ2v) is 8.39. The topological polar surface area (TPSA) is 52.7 Å². The van der Waals surface area contributed by atoms with Crippen molar-refractivity contribution in [2.75, 3.05) is 22.9 Å². The first-order valence-electron chi connectivity index (χ1n) is 10.1. The predicted molar refractivity (Wildman–Crippen MR) is 125 cm³/mol. The van der Waals surface area contributed by atoms with Crippen LogP contribution >= 0.6 is 23.8 Å². The van der Waals surface area contributed by atoms with Gasteiger partial charge in [-0.3, -0.25) is 19.8 Å². The van der Waals surface area contributed by atoms with Gasteiger partial charge in [-0.15, -0.1) is 0 Å². The van der Waals surface area contributed by atoms with Gasteiger partial charge in [-0.2, -0.15) is 0 Å². The molecule has 0 bridgehead atoms. The number of benzene rings is 2. The fourth-order valence-corrected chi connectivity index (χ4v) is 4.33. The molecule has 0 aliphatic carbocycles. The predicted octanol–water partition coefficient (Wildman–Crippen LogP) is 4.61. The molecule has 0 radical (unpaired) electrons. The molecule has 5 nitrogen and oxygen atoms in total. The molecule has 4 rings (SSSR count). The molecule has 2 saturated heterocycles. The van der Waals surface area contributed by atoms with E-state index in [4.69, 9.17) is 23.8 Å². The summed E-state index contributed by atoms with van der Waals surface area (Å²) in [7, 11) is 0. The first kappa shape index (κ1) is 21.5. The fourth-order valence-electron chi connectivity index (χ4n) is 3.89. The van der Waals surface area contributed by atoms with Gasteiger partial charge < -0.3 is 4.90 Å². The Balaban J connectivity index is 1.67. The molecule has 2 aromatic carbocycles. The lowest BCUT2D eigenvalue weighted by molar-refractivity contribution is -0.122. The zero-order valence-electron chi connectivity index (χ0n) is 17.0. The van der Waals surface area contributed by atoms with Gasteiger partial charge >= 0.3 is 0 Å². The number of nitrogens with zero attached hydrogens (tertiary/aromatic N) is 2. The summed E-state index contributed by atoms with van der Waals surface area (Å²) < 4.78 is 14.8. The third-order valence-corrected chi connectivity index (χ3v) is 6.26. The molecule has 2 aliphatic heterocycles. The number of carbonyl (C=O) groups is 2. The molecule has 8 heteroatoms. The standard InChI is InChI=1S/C23H21ClFN3O2S/c1-14-17(24)6-5-7-19(14)28-22(30)16(21(29)26-23(28)31)12-15-8-9-20(18(25)13-15)27-10-3-2-4-11-27/h5-9,12-13H,2-4,10-11H2,1H3,(H,26,29,31)/b16-12+. The van der Waals surface area contributed by atoms with Gasteiger partial charge in [-0.05, 0) is 79.9 Å². The highest BCUT2D eigenvalue weighted by Crippen LogP contribution is 2.30. The van der Waals surface area contributed by atoms with Gasteiger partial charge in [0.15, 0.2) is 5.11 Å². The molecule has 2 aliphatic rings. The van der Waals surface area contributed by atoms with Crippen molar-refractivity contribution >= 4 is 58.2 Å². The Hall–Kier alpha value is -2.77. The molecular weight excluding hydrogens is 437 g/mol. The molecule has 0 aromatic heterocycles. The molecule has 0 unspecified atom stereocenters. The van der Waals surface area contributed by atoms with E-state index >= 15 is 0 Å². The molecule has 160 valence electrons. The average molecular weight is 458 g/mol. The summed E-state index contributed by atoms with van der Waals surface area (Å²) in [5, 5.41) is 2.99. The lowest BCUT2D eigenvalue weighted by atomic mass is 10.0. The summed E-state index contributed by atoms with van der Waals surface area (Å²) in [5.41, 5.74) is 1.98. The summed E-state index contributed by atoms with van der Waals surface area (Å²) in [6.07, 6.45) is 4.62. The van der Waals surface area contributed by atoms with E-state index in [1.54, 1.807) is 37.3 Å². The molecular formula is C23H21ClFN3O2S. The highest BCUT2D eigenvalue weighted by atomic mass is 35.5. The first-order valence-corrected chi connectivity index (χ1v) is 10.9. The normalized spacial score (nSPS) is 18.5. The molecule has 2 heterocycles. The maximum Gasteiger partial charge on any atom is 0.270 e. The summed E-state index contributed by atoms with van der Waals surface area (Å²) in [5.74, 6) is -1.58. The lowest BCUT2D eigenvalue weighted by Crippen LogP contribution is -2.54. The van der Waals surface area contributed by atoms with Crippen LogP contribution in [0, 0.1) is 12.7 Å². The highest BCUT2D eigenvalue weighted by Gasteiger charge is 2.35. The van der Waals surface area contributed by atoms with Crippen LogP contribution in [0.25, 0.3) is 6.08 Å². The number of thiocarbonyl (C=S) groups is 1. The number of anilines is 2. The Labute approximate surface area is 190 Å². The van der Waals surface area contributed by atoms with Gasteiger partial charge in [0.25, 0.3) is 11.8 Å². The van der Waals surface area contributed by atoms with Crippen molar-refractivity contribution in [3.8, 4) is 0 Å². The smallest absolute Gasteiger partial charge is 0.270 e. The summed E-state index contributed by atoms with van der Waals surface area (Å²) >= 11 is 11.4. The quantitative estimate of drug-likeness (QED) is 0.415. The number of rotatable bonds is 3. The fraction of sp³-hybridized carbons (Fsp3) is 0.261. The van der Waals surface area contributed by atoms with Crippen molar-refractivity contribution in [3.63, 3.8) is 0 Å². The van der Waals surface area contributed by atoms with E-state index in [9.17, 15) is 14.0 Å². The Bertz CT molecular complexity index is 1110. The Morgan fingerprint density at radius 2 is 1.84 bits per heavy atom. The zero-order valence-corrected chi connectivity index (χ0v) is 18.5. The third-order valence-electron chi connectivity index (χ3n) is 5.56. The molecule has 2 aromatic rings. The zero-order chi connectivity index (χ0) is 22.1. The summed E-state index contributed by atoms with van der Waals surface area (Å²) in [6, 6.07) is 9.87. The average Bonchev–Trinajstić information content (AvgIpc) is 2.75. The number of carbonyl (C=O) groups excluding carboxylic acids is 2. The van der Waals surface area contributed by atoms with Gasteiger partial charge in [-0.1, -0.05) is 23.7 Å². The molecule has 2 fully saturated rings. The number of hydrogen-bond donors (Lipinski definition) is 1. The number of piperidine rings is 1. The largest absolute Gasteiger partial charge is 0.369 e. The molecule has 31 heavy (non-hydrogen) atoms. The van der Waals surface area contributed by atoms with Crippen LogP contribution in [0.1, 0.15) is 30.4 Å². The maximum absolute atomic E-state index is 14.8. The van der Waals surface area contributed by atoms with Gasteiger partial charge in [0.2, 0.25) is 0 Å². The molecule has 2 amide bonds. The van der Waals surface area contributed by atoms with Crippen LogP contribution in [0.5, 0.6) is 0 Å². The number of nitrogens with one attached hydrogen (secondary N) is 1.